The molecule has 0 saturated heterocycles. The Bertz CT molecular complexity index is 731. The minimum absolute atomic E-state index is 0.0417. The average Bonchev–Trinajstić information content (AvgIpc) is 2.95. The maximum Gasteiger partial charge on any atom is 0.420 e. The number of ether oxygens (including phenoxy) is 2. The number of H-pyrrole nitrogens is 1. The molecule has 124 valence electrons. The number of hydrogen-bond donors (Lipinski definition) is 1. The highest BCUT2D eigenvalue weighted by atomic mass is 35.5. The molecular formula is C13H11ClF3N3O3. The molecule has 1 aromatic heterocycles. The second kappa shape index (κ2) is 6.45. The first-order valence-electron chi connectivity index (χ1n) is 6.32. The fraction of sp³-hybridized carbons (Fsp3) is 0.308. The SMILES string of the molecule is CCOC(=O)c1n[nH]nc1-c1cc(Cl)c(OC)c(C(F)(F)F)c1. The van der Waals surface area contributed by atoms with Crippen LogP contribution in [0.4, 0.5) is 13.2 Å². The predicted octanol–water partition coefficient (Wildman–Crippen LogP) is 3.33. The summed E-state index contributed by atoms with van der Waals surface area (Å²) in [7, 11) is 1.08. The number of alkyl halides is 3. The third kappa shape index (κ3) is 3.39. The molecule has 0 aliphatic carbocycles. The highest BCUT2D eigenvalue weighted by molar-refractivity contribution is 6.32. The van der Waals surface area contributed by atoms with Gasteiger partial charge < -0.3 is 9.47 Å². The van der Waals surface area contributed by atoms with E-state index in [0.717, 1.165) is 13.2 Å². The van der Waals surface area contributed by atoms with Gasteiger partial charge in [0.05, 0.1) is 24.3 Å². The first kappa shape index (κ1) is 17.1. The first-order valence-corrected chi connectivity index (χ1v) is 6.70. The standard InChI is InChI=1S/C13H11ClF3N3O3/c1-3-23-12(21)10-9(18-20-19-10)6-4-7(13(15,16)17)11(22-2)8(14)5-6/h4-5H,3H2,1-2H3,(H,18,19,20). The van der Waals surface area contributed by atoms with Crippen LogP contribution in [-0.2, 0) is 10.9 Å². The van der Waals surface area contributed by atoms with E-state index >= 15 is 0 Å². The summed E-state index contributed by atoms with van der Waals surface area (Å²) < 4.78 is 48.9. The van der Waals surface area contributed by atoms with Crippen molar-refractivity contribution in [3.05, 3.63) is 28.4 Å². The molecule has 10 heteroatoms. The molecule has 2 aromatic rings. The van der Waals surface area contributed by atoms with Crippen LogP contribution in [-0.4, -0.2) is 35.1 Å². The lowest BCUT2D eigenvalue weighted by atomic mass is 10.0. The van der Waals surface area contributed by atoms with Gasteiger partial charge >= 0.3 is 12.1 Å². The maximum atomic E-state index is 13.1. The molecule has 0 aliphatic heterocycles. The highest BCUT2D eigenvalue weighted by Crippen LogP contribution is 2.42. The van der Waals surface area contributed by atoms with Gasteiger partial charge in [-0.05, 0) is 19.1 Å². The van der Waals surface area contributed by atoms with Gasteiger partial charge in [-0.1, -0.05) is 11.6 Å². The summed E-state index contributed by atoms with van der Waals surface area (Å²) in [5.41, 5.74) is -1.46. The van der Waals surface area contributed by atoms with Crippen molar-refractivity contribution in [2.45, 2.75) is 13.1 Å². The molecule has 1 aromatic carbocycles. The van der Waals surface area contributed by atoms with Crippen LogP contribution in [0.3, 0.4) is 0 Å². The van der Waals surface area contributed by atoms with E-state index in [4.69, 9.17) is 21.1 Å². The van der Waals surface area contributed by atoms with E-state index in [1.54, 1.807) is 6.92 Å². The van der Waals surface area contributed by atoms with Crippen molar-refractivity contribution in [1.29, 1.82) is 0 Å². The molecule has 0 saturated carbocycles. The number of carbonyl (C=O) groups is 1. The van der Waals surface area contributed by atoms with Gasteiger partial charge in [0, 0.05) is 5.56 Å². The van der Waals surface area contributed by atoms with Crippen LogP contribution in [0.1, 0.15) is 23.0 Å². The van der Waals surface area contributed by atoms with Gasteiger partial charge in [0.25, 0.3) is 0 Å². The van der Waals surface area contributed by atoms with E-state index in [-0.39, 0.29) is 28.6 Å². The summed E-state index contributed by atoms with van der Waals surface area (Å²) in [5, 5.41) is 9.23. The number of esters is 1. The number of aromatic nitrogens is 3. The van der Waals surface area contributed by atoms with Crippen LogP contribution in [0.2, 0.25) is 5.02 Å². The zero-order chi connectivity index (χ0) is 17.2. The molecule has 0 unspecified atom stereocenters. The Balaban J connectivity index is 2.60. The molecule has 0 radical (unpaired) electrons. The van der Waals surface area contributed by atoms with Crippen LogP contribution in [0.5, 0.6) is 5.75 Å². The van der Waals surface area contributed by atoms with Crippen molar-refractivity contribution in [2.75, 3.05) is 13.7 Å². The number of hydrogen-bond acceptors (Lipinski definition) is 5. The Morgan fingerprint density at radius 2 is 2.04 bits per heavy atom. The molecule has 1 N–H and O–H groups in total. The third-order valence-electron chi connectivity index (χ3n) is 2.84. The van der Waals surface area contributed by atoms with Gasteiger partial charge in [0.1, 0.15) is 11.4 Å². The van der Waals surface area contributed by atoms with E-state index in [0.29, 0.717) is 0 Å². The largest absolute Gasteiger partial charge is 0.495 e. The molecule has 23 heavy (non-hydrogen) atoms. The van der Waals surface area contributed by atoms with E-state index in [1.165, 1.54) is 6.07 Å². The Morgan fingerprint density at radius 1 is 1.35 bits per heavy atom. The second-order valence-corrected chi connectivity index (χ2v) is 4.69. The molecule has 0 bridgehead atoms. The lowest BCUT2D eigenvalue weighted by Crippen LogP contribution is -2.09. The van der Waals surface area contributed by atoms with Crippen LogP contribution in [0.15, 0.2) is 12.1 Å². The van der Waals surface area contributed by atoms with Crippen molar-refractivity contribution >= 4 is 17.6 Å². The van der Waals surface area contributed by atoms with E-state index in [2.05, 4.69) is 15.4 Å². The molecule has 1 heterocycles. The van der Waals surface area contributed by atoms with Crippen molar-refractivity contribution < 1.29 is 27.4 Å². The summed E-state index contributed by atoms with van der Waals surface area (Å²) in [4.78, 5) is 11.8. The van der Waals surface area contributed by atoms with Crippen molar-refractivity contribution in [2.24, 2.45) is 0 Å². The van der Waals surface area contributed by atoms with Crippen LogP contribution in [0, 0.1) is 0 Å². The molecular weight excluding hydrogens is 339 g/mol. The third-order valence-corrected chi connectivity index (χ3v) is 3.12. The number of halogens is 4. The molecule has 0 amide bonds. The monoisotopic (exact) mass is 349 g/mol. The van der Waals surface area contributed by atoms with Gasteiger partial charge in [0.15, 0.2) is 5.69 Å². The number of carbonyl (C=O) groups excluding carboxylic acids is 1. The van der Waals surface area contributed by atoms with Crippen LogP contribution < -0.4 is 4.74 Å². The van der Waals surface area contributed by atoms with Crippen molar-refractivity contribution in [3.63, 3.8) is 0 Å². The highest BCUT2D eigenvalue weighted by Gasteiger charge is 2.36. The number of rotatable bonds is 4. The maximum absolute atomic E-state index is 13.1. The molecule has 0 aliphatic rings. The fourth-order valence-corrected chi connectivity index (χ4v) is 2.22. The first-order chi connectivity index (χ1) is 10.8. The van der Waals surface area contributed by atoms with Crippen molar-refractivity contribution in [1.82, 2.24) is 15.4 Å². The number of nitrogens with one attached hydrogen (secondary N) is 1. The minimum atomic E-state index is -4.70. The van der Waals surface area contributed by atoms with Crippen molar-refractivity contribution in [3.8, 4) is 17.0 Å². The summed E-state index contributed by atoms with van der Waals surface area (Å²) in [5.74, 6) is -1.32. The fourth-order valence-electron chi connectivity index (χ4n) is 1.92. The molecule has 0 atom stereocenters. The lowest BCUT2D eigenvalue weighted by Gasteiger charge is -2.14. The Labute approximate surface area is 133 Å². The molecule has 0 fully saturated rings. The number of aromatic amines is 1. The quantitative estimate of drug-likeness (QED) is 0.857. The lowest BCUT2D eigenvalue weighted by molar-refractivity contribution is -0.138. The molecule has 2 rings (SSSR count). The number of benzene rings is 1. The van der Waals surface area contributed by atoms with E-state index < -0.39 is 23.5 Å². The van der Waals surface area contributed by atoms with Crippen LogP contribution >= 0.6 is 11.6 Å². The Kier molecular flexibility index (Phi) is 4.79. The zero-order valence-electron chi connectivity index (χ0n) is 12.0. The van der Waals surface area contributed by atoms with Gasteiger partial charge in [-0.15, -0.1) is 5.10 Å². The molecule has 0 spiro atoms. The Morgan fingerprint density at radius 3 is 2.61 bits per heavy atom. The normalized spacial score (nSPS) is 11.4. The topological polar surface area (TPSA) is 77.1 Å². The zero-order valence-corrected chi connectivity index (χ0v) is 12.7. The summed E-state index contributed by atoms with van der Waals surface area (Å²) in [6, 6.07) is 1.99. The summed E-state index contributed by atoms with van der Waals surface area (Å²) in [6.45, 7) is 1.67. The van der Waals surface area contributed by atoms with Gasteiger partial charge in [-0.3, -0.25) is 0 Å². The minimum Gasteiger partial charge on any atom is -0.495 e. The molecule has 6 nitrogen and oxygen atoms in total. The Hall–Kier alpha value is -2.29. The smallest absolute Gasteiger partial charge is 0.420 e. The summed E-state index contributed by atoms with van der Waals surface area (Å²) >= 11 is 5.85. The van der Waals surface area contributed by atoms with E-state index in [9.17, 15) is 18.0 Å². The second-order valence-electron chi connectivity index (χ2n) is 4.28. The van der Waals surface area contributed by atoms with Gasteiger partial charge in [-0.2, -0.15) is 23.5 Å². The van der Waals surface area contributed by atoms with E-state index in [1.807, 2.05) is 0 Å². The number of nitrogens with zero attached hydrogens (tertiary/aromatic N) is 2. The summed E-state index contributed by atoms with van der Waals surface area (Å²) in [6.07, 6.45) is -4.70. The van der Waals surface area contributed by atoms with Gasteiger partial charge in [0.2, 0.25) is 0 Å². The van der Waals surface area contributed by atoms with Crippen LogP contribution in [0.25, 0.3) is 11.3 Å². The van der Waals surface area contributed by atoms with Gasteiger partial charge in [-0.25, -0.2) is 4.79 Å². The predicted molar refractivity (Wildman–Crippen MR) is 74.3 cm³/mol. The number of methoxy groups -OCH3 is 1. The average molecular weight is 350 g/mol.